The van der Waals surface area contributed by atoms with Crippen LogP contribution in [0.3, 0.4) is 0 Å². The molecule has 0 aliphatic rings. The van der Waals surface area contributed by atoms with E-state index in [4.69, 9.17) is 23.2 Å². The molecule has 0 saturated heterocycles. The highest BCUT2D eigenvalue weighted by Gasteiger charge is 2.20. The van der Waals surface area contributed by atoms with Crippen molar-refractivity contribution in [2.45, 2.75) is 24.8 Å². The summed E-state index contributed by atoms with van der Waals surface area (Å²) in [5, 5.41) is 4.14. The average Bonchev–Trinajstić information content (AvgIpc) is 2.80. The number of nitrogens with zero attached hydrogens (tertiary/aromatic N) is 3. The lowest BCUT2D eigenvalue weighted by Gasteiger charge is -2.07. The van der Waals surface area contributed by atoms with Gasteiger partial charge in [-0.3, -0.25) is 9.40 Å². The highest BCUT2D eigenvalue weighted by atomic mass is 35.5. The molecule has 20 heavy (non-hydrogen) atoms. The van der Waals surface area contributed by atoms with Crippen molar-refractivity contribution in [1.82, 2.24) is 14.8 Å². The van der Waals surface area contributed by atoms with Gasteiger partial charge in [-0.05, 0) is 19.9 Å². The highest BCUT2D eigenvalue weighted by Crippen LogP contribution is 2.24. The summed E-state index contributed by atoms with van der Waals surface area (Å²) in [6.45, 7) is 3.87. The van der Waals surface area contributed by atoms with Gasteiger partial charge < -0.3 is 0 Å². The van der Waals surface area contributed by atoms with Gasteiger partial charge in [0, 0.05) is 24.5 Å². The van der Waals surface area contributed by atoms with Crippen molar-refractivity contribution < 1.29 is 8.42 Å². The van der Waals surface area contributed by atoms with Gasteiger partial charge in [-0.15, -0.1) is 0 Å². The molecule has 2 aromatic heterocycles. The molecule has 0 aliphatic heterocycles. The number of sulfonamides is 1. The SMILES string of the molecule is CC(C)n1ccc(NS(=O)(=O)c2cc(Cl)cnc2Cl)n1. The molecule has 0 amide bonds. The quantitative estimate of drug-likeness (QED) is 0.872. The first-order valence-electron chi connectivity index (χ1n) is 5.68. The lowest BCUT2D eigenvalue weighted by Crippen LogP contribution is -2.15. The number of nitrogens with one attached hydrogen (secondary N) is 1. The van der Waals surface area contributed by atoms with Gasteiger partial charge in [0.05, 0.1) is 5.02 Å². The van der Waals surface area contributed by atoms with E-state index in [1.807, 2.05) is 13.8 Å². The molecule has 0 atom stereocenters. The van der Waals surface area contributed by atoms with Crippen LogP contribution >= 0.6 is 23.2 Å². The van der Waals surface area contributed by atoms with Crippen LogP contribution in [0.4, 0.5) is 5.82 Å². The first kappa shape index (κ1) is 15.1. The van der Waals surface area contributed by atoms with Crippen molar-refractivity contribution in [1.29, 1.82) is 0 Å². The second kappa shape index (κ2) is 5.59. The Morgan fingerprint density at radius 2 is 2.05 bits per heavy atom. The fourth-order valence-electron chi connectivity index (χ4n) is 1.47. The fourth-order valence-corrected chi connectivity index (χ4v) is 3.15. The Balaban J connectivity index is 2.33. The van der Waals surface area contributed by atoms with Crippen LogP contribution in [-0.4, -0.2) is 23.2 Å². The van der Waals surface area contributed by atoms with Crippen LogP contribution in [0.15, 0.2) is 29.4 Å². The lowest BCUT2D eigenvalue weighted by molar-refractivity contribution is 0.534. The van der Waals surface area contributed by atoms with E-state index in [1.54, 1.807) is 16.9 Å². The molecule has 2 heterocycles. The average molecular weight is 335 g/mol. The Hall–Kier alpha value is -1.31. The second-order valence-corrected chi connectivity index (χ2v) is 6.77. The maximum Gasteiger partial charge on any atom is 0.266 e. The summed E-state index contributed by atoms with van der Waals surface area (Å²) >= 11 is 11.5. The smallest absolute Gasteiger partial charge is 0.266 e. The van der Waals surface area contributed by atoms with Gasteiger partial charge in [0.25, 0.3) is 10.0 Å². The molecule has 0 radical (unpaired) electrons. The van der Waals surface area contributed by atoms with Crippen LogP contribution in [-0.2, 0) is 10.0 Å². The third kappa shape index (κ3) is 3.23. The number of hydrogen-bond donors (Lipinski definition) is 1. The maximum atomic E-state index is 12.2. The van der Waals surface area contributed by atoms with Crippen molar-refractivity contribution in [3.8, 4) is 0 Å². The summed E-state index contributed by atoms with van der Waals surface area (Å²) in [7, 11) is -3.88. The van der Waals surface area contributed by atoms with E-state index >= 15 is 0 Å². The molecule has 2 rings (SSSR count). The van der Waals surface area contributed by atoms with Crippen molar-refractivity contribution in [3.63, 3.8) is 0 Å². The van der Waals surface area contributed by atoms with Gasteiger partial charge in [-0.1, -0.05) is 23.2 Å². The molecule has 0 fully saturated rings. The van der Waals surface area contributed by atoms with E-state index in [1.165, 1.54) is 12.3 Å². The molecule has 6 nitrogen and oxygen atoms in total. The minimum Gasteiger partial charge on any atom is -0.268 e. The molecule has 0 bridgehead atoms. The number of hydrogen-bond acceptors (Lipinski definition) is 4. The van der Waals surface area contributed by atoms with Gasteiger partial charge in [-0.25, -0.2) is 13.4 Å². The van der Waals surface area contributed by atoms with E-state index in [0.29, 0.717) is 0 Å². The minimum absolute atomic E-state index is 0.129. The standard InChI is InChI=1S/C11H12Cl2N4O2S/c1-7(2)17-4-3-10(15-17)16-20(18,19)9-5-8(12)6-14-11(9)13/h3-7H,1-2H3,(H,15,16). The first-order chi connectivity index (χ1) is 9.29. The number of halogens is 2. The second-order valence-electron chi connectivity index (χ2n) is 4.32. The van der Waals surface area contributed by atoms with E-state index in [-0.39, 0.29) is 26.9 Å². The van der Waals surface area contributed by atoms with E-state index < -0.39 is 10.0 Å². The Morgan fingerprint density at radius 1 is 1.35 bits per heavy atom. The fraction of sp³-hybridized carbons (Fsp3) is 0.273. The van der Waals surface area contributed by atoms with Crippen molar-refractivity contribution in [2.75, 3.05) is 4.72 Å². The Bertz CT molecular complexity index is 728. The van der Waals surface area contributed by atoms with E-state index in [9.17, 15) is 8.42 Å². The third-order valence-electron chi connectivity index (χ3n) is 2.44. The zero-order valence-electron chi connectivity index (χ0n) is 10.7. The summed E-state index contributed by atoms with van der Waals surface area (Å²) in [5.74, 6) is 0.203. The highest BCUT2D eigenvalue weighted by molar-refractivity contribution is 7.92. The number of pyridine rings is 1. The first-order valence-corrected chi connectivity index (χ1v) is 7.92. The zero-order valence-corrected chi connectivity index (χ0v) is 13.0. The summed E-state index contributed by atoms with van der Waals surface area (Å²) in [5.41, 5.74) is 0. The predicted octanol–water partition coefficient (Wildman–Crippen LogP) is 2.97. The number of rotatable bonds is 4. The summed E-state index contributed by atoms with van der Waals surface area (Å²) in [4.78, 5) is 3.52. The zero-order chi connectivity index (χ0) is 14.9. The predicted molar refractivity (Wildman–Crippen MR) is 77.7 cm³/mol. The van der Waals surface area contributed by atoms with Crippen LogP contribution in [0, 0.1) is 0 Å². The molecule has 0 aliphatic carbocycles. The molecule has 108 valence electrons. The monoisotopic (exact) mass is 334 g/mol. The van der Waals surface area contributed by atoms with Crippen LogP contribution < -0.4 is 4.72 Å². The molecule has 0 saturated carbocycles. The normalized spacial score (nSPS) is 11.8. The summed E-state index contributed by atoms with van der Waals surface area (Å²) < 4.78 is 28.4. The van der Waals surface area contributed by atoms with E-state index in [2.05, 4.69) is 14.8 Å². The molecular weight excluding hydrogens is 323 g/mol. The van der Waals surface area contributed by atoms with Crippen molar-refractivity contribution in [2.24, 2.45) is 0 Å². The number of anilines is 1. The molecule has 2 aromatic rings. The van der Waals surface area contributed by atoms with Gasteiger partial charge in [0.15, 0.2) is 5.82 Å². The maximum absolute atomic E-state index is 12.2. The molecule has 0 aromatic carbocycles. The third-order valence-corrected chi connectivity index (χ3v) is 4.43. The van der Waals surface area contributed by atoms with Crippen molar-refractivity contribution >= 4 is 39.0 Å². The topological polar surface area (TPSA) is 76.9 Å². The number of aromatic nitrogens is 3. The van der Waals surface area contributed by atoms with Gasteiger partial charge in [0.2, 0.25) is 0 Å². The lowest BCUT2D eigenvalue weighted by atomic mass is 10.4. The Labute approximate surface area is 126 Å². The van der Waals surface area contributed by atoms with Gasteiger partial charge in [0.1, 0.15) is 10.0 Å². The Kier molecular flexibility index (Phi) is 4.22. The molecule has 1 N–H and O–H groups in total. The molecular formula is C11H12Cl2N4O2S. The molecule has 0 unspecified atom stereocenters. The van der Waals surface area contributed by atoms with Crippen LogP contribution in [0.2, 0.25) is 10.2 Å². The van der Waals surface area contributed by atoms with Gasteiger partial charge >= 0.3 is 0 Å². The Morgan fingerprint density at radius 3 is 2.65 bits per heavy atom. The van der Waals surface area contributed by atoms with Crippen molar-refractivity contribution in [3.05, 3.63) is 34.7 Å². The van der Waals surface area contributed by atoms with Gasteiger partial charge in [-0.2, -0.15) is 5.10 Å². The molecule has 0 spiro atoms. The van der Waals surface area contributed by atoms with Crippen LogP contribution in [0.25, 0.3) is 0 Å². The van der Waals surface area contributed by atoms with Crippen LogP contribution in [0.5, 0.6) is 0 Å². The minimum atomic E-state index is -3.88. The largest absolute Gasteiger partial charge is 0.268 e. The van der Waals surface area contributed by atoms with E-state index in [0.717, 1.165) is 0 Å². The molecule has 9 heteroatoms. The summed E-state index contributed by atoms with van der Waals surface area (Å²) in [6, 6.07) is 2.92. The van der Waals surface area contributed by atoms with Crippen LogP contribution in [0.1, 0.15) is 19.9 Å². The summed E-state index contributed by atoms with van der Waals surface area (Å²) in [6.07, 6.45) is 2.96.